The van der Waals surface area contributed by atoms with Crippen LogP contribution in [0.5, 0.6) is 5.75 Å². The average Bonchev–Trinajstić information content (AvgIpc) is 2.80. The smallest absolute Gasteiger partial charge is 0.253 e. The van der Waals surface area contributed by atoms with Crippen molar-refractivity contribution in [3.05, 3.63) is 65.2 Å². The molecule has 0 aliphatic rings. The summed E-state index contributed by atoms with van der Waals surface area (Å²) in [7, 11) is 6.94. The number of benzene rings is 2. The van der Waals surface area contributed by atoms with E-state index in [-0.39, 0.29) is 29.9 Å². The van der Waals surface area contributed by atoms with E-state index in [0.29, 0.717) is 18.8 Å². The Balaban J connectivity index is 0.00000512. The van der Waals surface area contributed by atoms with Crippen molar-refractivity contribution in [1.82, 2.24) is 15.5 Å². The van der Waals surface area contributed by atoms with Gasteiger partial charge in [0.2, 0.25) is 0 Å². The molecule has 2 rings (SSSR count). The maximum absolute atomic E-state index is 12.1. The number of guanidine groups is 1. The lowest BCUT2D eigenvalue weighted by Gasteiger charge is -2.13. The topological polar surface area (TPSA) is 75.2 Å². The van der Waals surface area contributed by atoms with Crippen LogP contribution in [0.25, 0.3) is 0 Å². The Bertz CT molecular complexity index is 841. The van der Waals surface area contributed by atoms with Crippen molar-refractivity contribution in [3.63, 3.8) is 0 Å². The molecule has 0 spiro atoms. The SMILES string of the molecule is CN=C(NCCCOCc1ccc(OC)cc1)NCCc1cccc(C(=O)N(C)C)c1.I. The van der Waals surface area contributed by atoms with Crippen molar-refractivity contribution < 1.29 is 14.3 Å². The molecule has 0 aromatic heterocycles. The van der Waals surface area contributed by atoms with Gasteiger partial charge in [-0.15, -0.1) is 24.0 Å². The van der Waals surface area contributed by atoms with Crippen LogP contribution in [0.1, 0.15) is 27.9 Å². The number of carbonyl (C=O) groups is 1. The molecule has 1 amide bonds. The van der Waals surface area contributed by atoms with E-state index in [1.807, 2.05) is 48.5 Å². The molecule has 2 aromatic rings. The Morgan fingerprint density at radius 3 is 2.41 bits per heavy atom. The van der Waals surface area contributed by atoms with E-state index >= 15 is 0 Å². The average molecular weight is 554 g/mol. The highest BCUT2D eigenvalue weighted by Gasteiger charge is 2.08. The number of ether oxygens (including phenoxy) is 2. The molecule has 0 bridgehead atoms. The van der Waals surface area contributed by atoms with E-state index in [9.17, 15) is 4.79 Å². The lowest BCUT2D eigenvalue weighted by Crippen LogP contribution is -2.39. The fraction of sp³-hybridized carbons (Fsp3) is 0.417. The second-order valence-corrected chi connectivity index (χ2v) is 7.33. The monoisotopic (exact) mass is 554 g/mol. The molecule has 2 N–H and O–H groups in total. The fourth-order valence-corrected chi connectivity index (χ4v) is 2.96. The van der Waals surface area contributed by atoms with Crippen LogP contribution in [-0.4, -0.2) is 64.7 Å². The molecule has 0 radical (unpaired) electrons. The predicted octanol–water partition coefficient (Wildman–Crippen LogP) is 3.33. The van der Waals surface area contributed by atoms with Crippen LogP contribution in [0.2, 0.25) is 0 Å². The second kappa shape index (κ2) is 15.5. The lowest BCUT2D eigenvalue weighted by atomic mass is 10.1. The number of nitrogens with zero attached hydrogens (tertiary/aromatic N) is 2. The molecular weight excluding hydrogens is 519 g/mol. The van der Waals surface area contributed by atoms with Crippen LogP contribution in [0.4, 0.5) is 0 Å². The van der Waals surface area contributed by atoms with Crippen LogP contribution in [0.15, 0.2) is 53.5 Å². The van der Waals surface area contributed by atoms with Crippen LogP contribution < -0.4 is 15.4 Å². The summed E-state index contributed by atoms with van der Waals surface area (Å²) in [4.78, 5) is 17.9. The first-order valence-corrected chi connectivity index (χ1v) is 10.5. The van der Waals surface area contributed by atoms with Gasteiger partial charge in [-0.2, -0.15) is 0 Å². The quantitative estimate of drug-likeness (QED) is 0.193. The number of carbonyl (C=O) groups excluding carboxylic acids is 1. The zero-order valence-corrected chi connectivity index (χ0v) is 21.7. The first kappa shape index (κ1) is 27.7. The molecule has 0 aliphatic carbocycles. The van der Waals surface area contributed by atoms with Crippen molar-refractivity contribution in [3.8, 4) is 5.75 Å². The molecule has 176 valence electrons. The number of halogens is 1. The lowest BCUT2D eigenvalue weighted by molar-refractivity contribution is 0.0827. The van der Waals surface area contributed by atoms with Gasteiger partial charge in [0.05, 0.1) is 13.7 Å². The minimum atomic E-state index is 0. The molecule has 0 saturated heterocycles. The van der Waals surface area contributed by atoms with Crippen LogP contribution in [-0.2, 0) is 17.8 Å². The van der Waals surface area contributed by atoms with Crippen molar-refractivity contribution in [1.29, 1.82) is 0 Å². The summed E-state index contributed by atoms with van der Waals surface area (Å²) >= 11 is 0. The minimum absolute atomic E-state index is 0. The van der Waals surface area contributed by atoms with Crippen molar-refractivity contribution in [2.45, 2.75) is 19.4 Å². The van der Waals surface area contributed by atoms with Gasteiger partial charge >= 0.3 is 0 Å². The third-order valence-electron chi connectivity index (χ3n) is 4.70. The summed E-state index contributed by atoms with van der Waals surface area (Å²) in [6, 6.07) is 15.6. The second-order valence-electron chi connectivity index (χ2n) is 7.33. The van der Waals surface area contributed by atoms with Gasteiger partial charge in [0, 0.05) is 46.4 Å². The molecule has 0 aliphatic heterocycles. The number of hydrogen-bond donors (Lipinski definition) is 2. The minimum Gasteiger partial charge on any atom is -0.497 e. The summed E-state index contributed by atoms with van der Waals surface area (Å²) in [5.41, 5.74) is 2.95. The van der Waals surface area contributed by atoms with E-state index in [1.165, 1.54) is 0 Å². The van der Waals surface area contributed by atoms with Crippen LogP contribution >= 0.6 is 24.0 Å². The van der Waals surface area contributed by atoms with Gasteiger partial charge in [0.15, 0.2) is 5.96 Å². The molecule has 7 nitrogen and oxygen atoms in total. The number of rotatable bonds is 11. The maximum Gasteiger partial charge on any atom is 0.253 e. The molecule has 0 heterocycles. The highest BCUT2D eigenvalue weighted by atomic mass is 127. The van der Waals surface area contributed by atoms with Crippen molar-refractivity contribution >= 4 is 35.8 Å². The Labute approximate surface area is 208 Å². The summed E-state index contributed by atoms with van der Waals surface area (Å²) in [5, 5.41) is 6.60. The Morgan fingerprint density at radius 1 is 1.03 bits per heavy atom. The third-order valence-corrected chi connectivity index (χ3v) is 4.70. The molecule has 2 aromatic carbocycles. The van der Waals surface area contributed by atoms with Gasteiger partial charge in [-0.25, -0.2) is 0 Å². The fourth-order valence-electron chi connectivity index (χ4n) is 2.96. The molecular formula is C24H35IN4O3. The molecule has 0 fully saturated rings. The predicted molar refractivity (Wildman–Crippen MR) is 140 cm³/mol. The van der Waals surface area contributed by atoms with E-state index in [4.69, 9.17) is 9.47 Å². The van der Waals surface area contributed by atoms with Gasteiger partial charge in [-0.3, -0.25) is 9.79 Å². The first-order valence-electron chi connectivity index (χ1n) is 10.5. The van der Waals surface area contributed by atoms with Gasteiger partial charge < -0.3 is 25.0 Å². The number of amides is 1. The Kier molecular flexibility index (Phi) is 13.4. The zero-order valence-electron chi connectivity index (χ0n) is 19.4. The van der Waals surface area contributed by atoms with Gasteiger partial charge in [-0.1, -0.05) is 24.3 Å². The van der Waals surface area contributed by atoms with Gasteiger partial charge in [0.25, 0.3) is 5.91 Å². The normalized spacial score (nSPS) is 10.8. The molecule has 8 heteroatoms. The Morgan fingerprint density at radius 2 is 1.75 bits per heavy atom. The van der Waals surface area contributed by atoms with Crippen LogP contribution in [0.3, 0.4) is 0 Å². The first-order chi connectivity index (χ1) is 15.0. The third kappa shape index (κ3) is 9.86. The molecule has 0 saturated carbocycles. The Hall–Kier alpha value is -2.33. The largest absolute Gasteiger partial charge is 0.497 e. The standard InChI is InChI=1S/C24H34N4O3.HI/c1-25-24(26-14-6-16-31-18-20-9-11-22(30-4)12-10-20)27-15-13-19-7-5-8-21(17-19)23(29)28(2)3;/h5,7-12,17H,6,13-16,18H2,1-4H3,(H2,25,26,27);1H. The van der Waals surface area contributed by atoms with E-state index in [2.05, 4.69) is 15.6 Å². The summed E-state index contributed by atoms with van der Waals surface area (Å²) in [6.07, 6.45) is 1.69. The van der Waals surface area contributed by atoms with E-state index in [0.717, 1.165) is 48.8 Å². The summed E-state index contributed by atoms with van der Waals surface area (Å²) < 4.78 is 10.9. The van der Waals surface area contributed by atoms with E-state index in [1.54, 1.807) is 33.2 Å². The maximum atomic E-state index is 12.1. The van der Waals surface area contributed by atoms with Crippen LogP contribution in [0, 0.1) is 0 Å². The number of aliphatic imine (C=N–C) groups is 1. The van der Waals surface area contributed by atoms with Gasteiger partial charge in [0.1, 0.15) is 5.75 Å². The van der Waals surface area contributed by atoms with Crippen molar-refractivity contribution in [2.75, 3.05) is 47.9 Å². The number of methoxy groups -OCH3 is 1. The molecule has 0 unspecified atom stereocenters. The van der Waals surface area contributed by atoms with E-state index < -0.39 is 0 Å². The van der Waals surface area contributed by atoms with Gasteiger partial charge in [-0.05, 0) is 48.2 Å². The highest BCUT2D eigenvalue weighted by molar-refractivity contribution is 14.0. The zero-order chi connectivity index (χ0) is 22.5. The molecule has 0 atom stereocenters. The number of nitrogens with one attached hydrogen (secondary N) is 2. The summed E-state index contributed by atoms with van der Waals surface area (Å²) in [6.45, 7) is 2.76. The number of hydrogen-bond acceptors (Lipinski definition) is 4. The highest BCUT2D eigenvalue weighted by Crippen LogP contribution is 2.12. The molecule has 32 heavy (non-hydrogen) atoms. The summed E-state index contributed by atoms with van der Waals surface area (Å²) in [5.74, 6) is 1.62. The van der Waals surface area contributed by atoms with Crippen molar-refractivity contribution in [2.24, 2.45) is 4.99 Å².